The van der Waals surface area contributed by atoms with Crippen LogP contribution in [-0.2, 0) is 13.0 Å². The van der Waals surface area contributed by atoms with Gasteiger partial charge in [0.15, 0.2) is 0 Å². The van der Waals surface area contributed by atoms with Gasteiger partial charge in [0.2, 0.25) is 0 Å². The van der Waals surface area contributed by atoms with E-state index in [0.29, 0.717) is 18.5 Å². The first kappa shape index (κ1) is 12.9. The number of hydrogen-bond donors (Lipinski definition) is 2. The molecule has 0 bridgehead atoms. The number of halogens is 1. The first-order valence-electron chi connectivity index (χ1n) is 5.85. The maximum atomic E-state index is 13.1. The van der Waals surface area contributed by atoms with Crippen molar-refractivity contribution in [2.24, 2.45) is 0 Å². The maximum absolute atomic E-state index is 13.1. The van der Waals surface area contributed by atoms with Crippen LogP contribution in [0.3, 0.4) is 0 Å². The molecule has 0 amide bonds. The summed E-state index contributed by atoms with van der Waals surface area (Å²) in [5.74, 6) is -0.540. The van der Waals surface area contributed by atoms with E-state index < -0.39 is 5.82 Å². The lowest BCUT2D eigenvalue weighted by molar-refractivity contribution is 0.468. The fourth-order valence-electron chi connectivity index (χ4n) is 1.77. The van der Waals surface area contributed by atoms with Crippen molar-refractivity contribution >= 4 is 5.69 Å². The van der Waals surface area contributed by atoms with Crippen molar-refractivity contribution in [3.63, 3.8) is 0 Å². The number of hydrogen-bond acceptors (Lipinski definition) is 3. The van der Waals surface area contributed by atoms with Crippen LogP contribution in [0.4, 0.5) is 10.1 Å². The van der Waals surface area contributed by atoms with Crippen molar-refractivity contribution in [1.29, 1.82) is 5.26 Å². The van der Waals surface area contributed by atoms with Gasteiger partial charge in [0.1, 0.15) is 11.6 Å². The topological polar surface area (TPSA) is 56.0 Å². The van der Waals surface area contributed by atoms with E-state index in [-0.39, 0.29) is 5.75 Å². The van der Waals surface area contributed by atoms with Crippen molar-refractivity contribution in [3.05, 3.63) is 59.4 Å². The van der Waals surface area contributed by atoms with Crippen LogP contribution in [0.25, 0.3) is 0 Å². The van der Waals surface area contributed by atoms with E-state index in [0.717, 1.165) is 17.3 Å². The zero-order chi connectivity index (χ0) is 13.7. The first-order chi connectivity index (χ1) is 9.17. The van der Waals surface area contributed by atoms with Crippen molar-refractivity contribution in [1.82, 2.24) is 0 Å². The number of benzene rings is 2. The Hall–Kier alpha value is -2.54. The van der Waals surface area contributed by atoms with Gasteiger partial charge in [0.25, 0.3) is 0 Å². The second-order valence-corrected chi connectivity index (χ2v) is 4.20. The molecule has 2 aromatic rings. The Morgan fingerprint density at radius 2 is 1.84 bits per heavy atom. The van der Waals surface area contributed by atoms with Crippen LogP contribution in [-0.4, -0.2) is 5.11 Å². The van der Waals surface area contributed by atoms with Crippen LogP contribution in [0.1, 0.15) is 11.1 Å². The minimum absolute atomic E-state index is 0.0823. The van der Waals surface area contributed by atoms with Gasteiger partial charge < -0.3 is 10.4 Å². The molecule has 0 heterocycles. The normalized spacial score (nSPS) is 9.89. The number of rotatable bonds is 4. The van der Waals surface area contributed by atoms with E-state index in [4.69, 9.17) is 5.26 Å². The monoisotopic (exact) mass is 256 g/mol. The number of phenolic OH excluding ortho intramolecular Hbond substituents is 1. The standard InChI is InChI=1S/C15H13FN2O/c16-13-7-12(8-15(19)9-13)10-18-14-3-1-11(2-4-14)5-6-17/h1-4,7-9,18-19H,5,10H2. The lowest BCUT2D eigenvalue weighted by Gasteiger charge is -2.07. The molecule has 4 heteroatoms. The van der Waals surface area contributed by atoms with Crippen molar-refractivity contribution in [3.8, 4) is 11.8 Å². The zero-order valence-corrected chi connectivity index (χ0v) is 10.2. The number of nitrogens with one attached hydrogen (secondary N) is 1. The Kier molecular flexibility index (Phi) is 3.99. The number of anilines is 1. The van der Waals surface area contributed by atoms with Crippen LogP contribution in [0.5, 0.6) is 5.75 Å². The van der Waals surface area contributed by atoms with Gasteiger partial charge in [-0.3, -0.25) is 0 Å². The molecule has 2 N–H and O–H groups in total. The number of nitriles is 1. The van der Waals surface area contributed by atoms with E-state index >= 15 is 0 Å². The second kappa shape index (κ2) is 5.87. The van der Waals surface area contributed by atoms with E-state index in [9.17, 15) is 9.50 Å². The van der Waals surface area contributed by atoms with E-state index in [1.54, 1.807) is 0 Å². The van der Waals surface area contributed by atoms with Crippen LogP contribution >= 0.6 is 0 Å². The Labute approximate surface area is 110 Å². The number of phenols is 1. The summed E-state index contributed by atoms with van der Waals surface area (Å²) in [5, 5.41) is 21.0. The van der Waals surface area contributed by atoms with Gasteiger partial charge in [-0.05, 0) is 35.4 Å². The Morgan fingerprint density at radius 1 is 1.11 bits per heavy atom. The van der Waals surface area contributed by atoms with Crippen molar-refractivity contribution < 1.29 is 9.50 Å². The van der Waals surface area contributed by atoms with Gasteiger partial charge in [-0.15, -0.1) is 0 Å². The summed E-state index contributed by atoms with van der Waals surface area (Å²) in [4.78, 5) is 0. The van der Waals surface area contributed by atoms with Crippen LogP contribution in [0.15, 0.2) is 42.5 Å². The van der Waals surface area contributed by atoms with Gasteiger partial charge in [-0.25, -0.2) is 4.39 Å². The molecule has 2 aromatic carbocycles. The molecule has 0 spiro atoms. The smallest absolute Gasteiger partial charge is 0.127 e. The molecule has 0 aliphatic carbocycles. The largest absolute Gasteiger partial charge is 0.508 e. The summed E-state index contributed by atoms with van der Waals surface area (Å²) in [5.41, 5.74) is 2.50. The summed E-state index contributed by atoms with van der Waals surface area (Å²) >= 11 is 0. The Balaban J connectivity index is 2.00. The molecule has 0 atom stereocenters. The molecule has 0 aliphatic rings. The predicted molar refractivity (Wildman–Crippen MR) is 71.2 cm³/mol. The third kappa shape index (κ3) is 3.71. The summed E-state index contributed by atoms with van der Waals surface area (Å²) in [6, 6.07) is 13.5. The highest BCUT2D eigenvalue weighted by molar-refractivity contribution is 5.46. The molecule has 0 aliphatic heterocycles. The van der Waals surface area contributed by atoms with Gasteiger partial charge in [-0.1, -0.05) is 12.1 Å². The van der Waals surface area contributed by atoms with E-state index in [1.165, 1.54) is 12.1 Å². The van der Waals surface area contributed by atoms with Gasteiger partial charge in [0.05, 0.1) is 12.5 Å². The summed E-state index contributed by atoms with van der Waals surface area (Å²) in [7, 11) is 0. The fraction of sp³-hybridized carbons (Fsp3) is 0.133. The summed E-state index contributed by atoms with van der Waals surface area (Å²) in [6.07, 6.45) is 0.387. The minimum atomic E-state index is -0.457. The van der Waals surface area contributed by atoms with Gasteiger partial charge in [0, 0.05) is 18.3 Å². The summed E-state index contributed by atoms with van der Waals surface area (Å²) < 4.78 is 13.1. The summed E-state index contributed by atoms with van der Waals surface area (Å²) in [6.45, 7) is 0.420. The quantitative estimate of drug-likeness (QED) is 0.883. The molecule has 0 unspecified atom stereocenters. The molecule has 2 rings (SSSR count). The highest BCUT2D eigenvalue weighted by Gasteiger charge is 2.00. The number of nitrogens with zero attached hydrogens (tertiary/aromatic N) is 1. The molecule has 96 valence electrons. The highest BCUT2D eigenvalue weighted by atomic mass is 19.1. The lowest BCUT2D eigenvalue weighted by Crippen LogP contribution is -1.99. The third-order valence-electron chi connectivity index (χ3n) is 2.68. The fourth-order valence-corrected chi connectivity index (χ4v) is 1.77. The first-order valence-corrected chi connectivity index (χ1v) is 5.85. The van der Waals surface area contributed by atoms with Crippen LogP contribution < -0.4 is 5.32 Å². The number of aromatic hydroxyl groups is 1. The molecule has 0 aromatic heterocycles. The molecular weight excluding hydrogens is 243 g/mol. The van der Waals surface area contributed by atoms with E-state index in [2.05, 4.69) is 11.4 Å². The molecule has 0 fully saturated rings. The highest BCUT2D eigenvalue weighted by Crippen LogP contribution is 2.16. The molecule has 3 nitrogen and oxygen atoms in total. The second-order valence-electron chi connectivity index (χ2n) is 4.20. The Morgan fingerprint density at radius 3 is 2.47 bits per heavy atom. The van der Waals surface area contributed by atoms with Crippen LogP contribution in [0.2, 0.25) is 0 Å². The van der Waals surface area contributed by atoms with Crippen LogP contribution in [0, 0.1) is 17.1 Å². The van der Waals surface area contributed by atoms with E-state index in [1.807, 2.05) is 24.3 Å². The Bertz CT molecular complexity index is 582. The van der Waals surface area contributed by atoms with Crippen molar-refractivity contribution in [2.75, 3.05) is 5.32 Å². The average Bonchev–Trinajstić information content (AvgIpc) is 2.37. The molecule has 0 radical (unpaired) electrons. The van der Waals surface area contributed by atoms with Gasteiger partial charge >= 0.3 is 0 Å². The zero-order valence-electron chi connectivity index (χ0n) is 10.2. The SMILES string of the molecule is N#CCc1ccc(NCc2cc(O)cc(F)c2)cc1. The molecule has 0 saturated heterocycles. The molecular formula is C15H13FN2O. The minimum Gasteiger partial charge on any atom is -0.508 e. The average molecular weight is 256 g/mol. The molecule has 0 saturated carbocycles. The third-order valence-corrected chi connectivity index (χ3v) is 2.68. The van der Waals surface area contributed by atoms with Crippen molar-refractivity contribution in [2.45, 2.75) is 13.0 Å². The maximum Gasteiger partial charge on any atom is 0.127 e. The lowest BCUT2D eigenvalue weighted by atomic mass is 10.1. The molecule has 19 heavy (non-hydrogen) atoms. The van der Waals surface area contributed by atoms with Gasteiger partial charge in [-0.2, -0.15) is 5.26 Å². The predicted octanol–water partition coefficient (Wildman–Crippen LogP) is 3.21.